The summed E-state index contributed by atoms with van der Waals surface area (Å²) in [6.45, 7) is 3.72. The van der Waals surface area contributed by atoms with Crippen LogP contribution in [-0.4, -0.2) is 12.0 Å². The van der Waals surface area contributed by atoms with E-state index in [0.29, 0.717) is 11.4 Å². The lowest BCUT2D eigenvalue weighted by Gasteiger charge is -2.15. The molecule has 22 heavy (non-hydrogen) atoms. The topological polar surface area (TPSA) is 38.3 Å². The first-order valence-corrected chi connectivity index (χ1v) is 7.39. The predicted octanol–water partition coefficient (Wildman–Crippen LogP) is 4.45. The van der Waals surface area contributed by atoms with E-state index in [1.165, 1.54) is 23.8 Å². The van der Waals surface area contributed by atoms with E-state index < -0.39 is 11.9 Å². The highest BCUT2D eigenvalue weighted by molar-refractivity contribution is 6.31. The quantitative estimate of drug-likeness (QED) is 0.883. The van der Waals surface area contributed by atoms with Crippen LogP contribution in [0.2, 0.25) is 5.02 Å². The number of benzene rings is 2. The molecule has 0 aliphatic carbocycles. The van der Waals surface area contributed by atoms with Crippen LogP contribution in [0.15, 0.2) is 42.5 Å². The molecule has 0 radical (unpaired) electrons. The number of amides is 1. The van der Waals surface area contributed by atoms with Crippen LogP contribution in [0.5, 0.6) is 5.75 Å². The van der Waals surface area contributed by atoms with Crippen molar-refractivity contribution in [2.75, 3.05) is 5.32 Å². The largest absolute Gasteiger partial charge is 0.481 e. The molecule has 0 aromatic heterocycles. The normalized spacial score (nSPS) is 11.8. The van der Waals surface area contributed by atoms with Crippen molar-refractivity contribution in [3.05, 3.63) is 58.9 Å². The molecule has 2 aromatic carbocycles. The molecule has 2 aromatic rings. The highest BCUT2D eigenvalue weighted by atomic mass is 35.5. The van der Waals surface area contributed by atoms with Gasteiger partial charge in [-0.15, -0.1) is 0 Å². The minimum absolute atomic E-state index is 0.0403. The molecule has 1 atom stereocenters. The van der Waals surface area contributed by atoms with Gasteiger partial charge in [-0.05, 0) is 49.2 Å². The molecule has 0 aliphatic rings. The molecule has 5 heteroatoms. The first-order chi connectivity index (χ1) is 10.5. The van der Waals surface area contributed by atoms with Gasteiger partial charge in [0.05, 0.1) is 5.02 Å². The van der Waals surface area contributed by atoms with E-state index in [2.05, 4.69) is 12.2 Å². The molecule has 0 spiro atoms. The lowest BCUT2D eigenvalue weighted by molar-refractivity contribution is -0.122. The molecule has 0 fully saturated rings. The number of aryl methyl sites for hydroxylation is 1. The van der Waals surface area contributed by atoms with Crippen LogP contribution in [0, 0.1) is 5.82 Å². The fraction of sp³-hybridized carbons (Fsp3) is 0.235. The van der Waals surface area contributed by atoms with Crippen molar-refractivity contribution >= 4 is 23.2 Å². The van der Waals surface area contributed by atoms with Gasteiger partial charge in [0.2, 0.25) is 0 Å². The average molecular weight is 322 g/mol. The number of halogens is 2. The van der Waals surface area contributed by atoms with Crippen LogP contribution in [0.3, 0.4) is 0 Å². The highest BCUT2D eigenvalue weighted by Crippen LogP contribution is 2.20. The molecular weight excluding hydrogens is 305 g/mol. The Morgan fingerprint density at radius 1 is 1.27 bits per heavy atom. The van der Waals surface area contributed by atoms with E-state index in [1.54, 1.807) is 6.92 Å². The third-order valence-electron chi connectivity index (χ3n) is 3.20. The molecule has 1 N–H and O–H groups in total. The zero-order valence-electron chi connectivity index (χ0n) is 12.4. The maximum atomic E-state index is 13.1. The lowest BCUT2D eigenvalue weighted by atomic mass is 10.2. The Morgan fingerprint density at radius 2 is 1.95 bits per heavy atom. The second kappa shape index (κ2) is 7.27. The Morgan fingerprint density at radius 3 is 2.55 bits per heavy atom. The van der Waals surface area contributed by atoms with Crippen molar-refractivity contribution in [1.82, 2.24) is 0 Å². The summed E-state index contributed by atoms with van der Waals surface area (Å²) in [6, 6.07) is 11.6. The van der Waals surface area contributed by atoms with Gasteiger partial charge in [-0.1, -0.05) is 30.7 Å². The van der Waals surface area contributed by atoms with Gasteiger partial charge in [-0.2, -0.15) is 0 Å². The monoisotopic (exact) mass is 321 g/mol. The molecule has 1 unspecified atom stereocenters. The molecule has 0 heterocycles. The fourth-order valence-electron chi connectivity index (χ4n) is 1.88. The minimum Gasteiger partial charge on any atom is -0.481 e. The summed E-state index contributed by atoms with van der Waals surface area (Å²) in [5.41, 5.74) is 1.62. The van der Waals surface area contributed by atoms with Gasteiger partial charge >= 0.3 is 0 Å². The van der Waals surface area contributed by atoms with Gasteiger partial charge in [-0.3, -0.25) is 4.79 Å². The maximum Gasteiger partial charge on any atom is 0.265 e. The molecule has 116 valence electrons. The Bertz CT molecular complexity index is 658. The van der Waals surface area contributed by atoms with Crippen LogP contribution in [-0.2, 0) is 11.2 Å². The van der Waals surface area contributed by atoms with Crippen molar-refractivity contribution in [3.8, 4) is 5.75 Å². The van der Waals surface area contributed by atoms with E-state index in [0.717, 1.165) is 6.42 Å². The van der Waals surface area contributed by atoms with E-state index in [4.69, 9.17) is 16.3 Å². The fourth-order valence-corrected chi connectivity index (χ4v) is 2.06. The van der Waals surface area contributed by atoms with Gasteiger partial charge in [0.15, 0.2) is 6.10 Å². The van der Waals surface area contributed by atoms with Gasteiger partial charge in [0.25, 0.3) is 5.91 Å². The van der Waals surface area contributed by atoms with Gasteiger partial charge in [-0.25, -0.2) is 4.39 Å². The number of nitrogens with one attached hydrogen (secondary N) is 1. The van der Waals surface area contributed by atoms with E-state index >= 15 is 0 Å². The molecule has 3 nitrogen and oxygen atoms in total. The van der Waals surface area contributed by atoms with Crippen molar-refractivity contribution in [3.63, 3.8) is 0 Å². The smallest absolute Gasteiger partial charge is 0.265 e. The Hall–Kier alpha value is -2.07. The summed E-state index contributed by atoms with van der Waals surface area (Å²) in [5.74, 6) is -0.237. The van der Waals surface area contributed by atoms with Crippen molar-refractivity contribution < 1.29 is 13.9 Å². The summed E-state index contributed by atoms with van der Waals surface area (Å²) < 4.78 is 18.7. The second-order valence-corrected chi connectivity index (χ2v) is 5.28. The first kappa shape index (κ1) is 16.3. The van der Waals surface area contributed by atoms with E-state index in [9.17, 15) is 9.18 Å². The predicted molar refractivity (Wildman–Crippen MR) is 85.9 cm³/mol. The maximum absolute atomic E-state index is 13.1. The summed E-state index contributed by atoms with van der Waals surface area (Å²) >= 11 is 5.68. The average Bonchev–Trinajstić information content (AvgIpc) is 2.51. The Labute approximate surface area is 134 Å². The highest BCUT2D eigenvalue weighted by Gasteiger charge is 2.15. The Balaban J connectivity index is 1.97. The molecule has 1 amide bonds. The number of carbonyl (C=O) groups is 1. The zero-order valence-corrected chi connectivity index (χ0v) is 13.2. The molecule has 0 saturated heterocycles. The van der Waals surface area contributed by atoms with Gasteiger partial charge in [0.1, 0.15) is 11.6 Å². The van der Waals surface area contributed by atoms with Crippen molar-refractivity contribution in [1.29, 1.82) is 0 Å². The third kappa shape index (κ3) is 4.21. The van der Waals surface area contributed by atoms with Crippen molar-refractivity contribution in [2.45, 2.75) is 26.4 Å². The summed E-state index contributed by atoms with van der Waals surface area (Å²) in [4.78, 5) is 12.1. The third-order valence-corrected chi connectivity index (χ3v) is 3.49. The Kier molecular flexibility index (Phi) is 5.39. The van der Waals surface area contributed by atoms with Crippen molar-refractivity contribution in [2.24, 2.45) is 0 Å². The molecule has 0 aliphatic heterocycles. The summed E-state index contributed by atoms with van der Waals surface area (Å²) in [6.07, 6.45) is 0.262. The van der Waals surface area contributed by atoms with E-state index in [-0.39, 0.29) is 10.9 Å². The second-order valence-electron chi connectivity index (χ2n) is 4.88. The first-order valence-electron chi connectivity index (χ1n) is 7.01. The van der Waals surface area contributed by atoms with E-state index in [1.807, 2.05) is 24.3 Å². The number of anilines is 1. The van der Waals surface area contributed by atoms with Gasteiger partial charge in [0, 0.05) is 5.69 Å². The van der Waals surface area contributed by atoms with Crippen LogP contribution in [0.4, 0.5) is 10.1 Å². The minimum atomic E-state index is -0.684. The van der Waals surface area contributed by atoms with Crippen LogP contribution < -0.4 is 10.1 Å². The van der Waals surface area contributed by atoms with Crippen LogP contribution in [0.1, 0.15) is 19.4 Å². The molecular formula is C17H17ClFNO2. The number of hydrogen-bond acceptors (Lipinski definition) is 2. The number of hydrogen-bond donors (Lipinski definition) is 1. The van der Waals surface area contributed by atoms with Crippen LogP contribution >= 0.6 is 11.6 Å². The molecule has 2 rings (SSSR count). The SMILES string of the molecule is CCc1ccc(OC(C)C(=O)Nc2ccc(F)c(Cl)c2)cc1. The molecule has 0 saturated carbocycles. The number of ether oxygens (including phenoxy) is 1. The van der Waals surface area contributed by atoms with Crippen LogP contribution in [0.25, 0.3) is 0 Å². The molecule has 0 bridgehead atoms. The summed E-state index contributed by atoms with van der Waals surface area (Å²) in [7, 11) is 0. The summed E-state index contributed by atoms with van der Waals surface area (Å²) in [5, 5.41) is 2.60. The number of rotatable bonds is 5. The zero-order chi connectivity index (χ0) is 16.1. The van der Waals surface area contributed by atoms with Gasteiger partial charge < -0.3 is 10.1 Å². The lowest BCUT2D eigenvalue weighted by Crippen LogP contribution is -2.30. The number of carbonyl (C=O) groups excluding carboxylic acids is 1. The standard InChI is InChI=1S/C17H17ClFNO2/c1-3-12-4-7-14(8-5-12)22-11(2)17(21)20-13-6-9-16(19)15(18)10-13/h4-11H,3H2,1-2H3,(H,20,21).